The molecule has 1 aliphatic heterocycles. The van der Waals surface area contributed by atoms with Crippen molar-refractivity contribution in [1.82, 2.24) is 4.90 Å². The standard InChI is InChI=1S/C16H20N2O3/c1-11-5-2-3-7-13(11)17-15(21)18-9-12-6-4-8-16(12,10-18)14(19)20/h2-3,5,7,12H,4,6,8-10H2,1H3,(H,17,21)(H,19,20)/t12-,16+/m0/s1. The van der Waals surface area contributed by atoms with Crippen LogP contribution in [-0.4, -0.2) is 35.1 Å². The molecule has 1 aliphatic carbocycles. The summed E-state index contributed by atoms with van der Waals surface area (Å²) in [5.41, 5.74) is 1.06. The highest BCUT2D eigenvalue weighted by atomic mass is 16.4. The summed E-state index contributed by atoms with van der Waals surface area (Å²) in [6.45, 7) is 2.81. The fourth-order valence-corrected chi connectivity index (χ4v) is 3.70. The van der Waals surface area contributed by atoms with Crippen LogP contribution in [-0.2, 0) is 4.79 Å². The minimum atomic E-state index is -0.754. The fraction of sp³-hybridized carbons (Fsp3) is 0.500. The van der Waals surface area contributed by atoms with Crippen LogP contribution in [0.5, 0.6) is 0 Å². The number of aliphatic carboxylic acids is 1. The molecule has 1 saturated heterocycles. The highest BCUT2D eigenvalue weighted by Gasteiger charge is 2.55. The SMILES string of the molecule is Cc1ccccc1NC(=O)N1C[C@@H]2CCC[C@@]2(C(=O)O)C1. The molecule has 3 rings (SSSR count). The Morgan fingerprint density at radius 2 is 2.14 bits per heavy atom. The maximum Gasteiger partial charge on any atom is 0.321 e. The van der Waals surface area contributed by atoms with Crippen molar-refractivity contribution in [2.45, 2.75) is 26.2 Å². The Kier molecular flexibility index (Phi) is 3.35. The molecule has 0 unspecified atom stereocenters. The largest absolute Gasteiger partial charge is 0.481 e. The smallest absolute Gasteiger partial charge is 0.321 e. The summed E-state index contributed by atoms with van der Waals surface area (Å²) in [6, 6.07) is 7.40. The number of carbonyl (C=O) groups excluding carboxylic acids is 1. The highest BCUT2D eigenvalue weighted by molar-refractivity contribution is 5.91. The molecular formula is C16H20N2O3. The molecule has 5 heteroatoms. The van der Waals surface area contributed by atoms with Gasteiger partial charge >= 0.3 is 12.0 Å². The molecule has 2 N–H and O–H groups in total. The van der Waals surface area contributed by atoms with E-state index in [1.165, 1.54) is 0 Å². The van der Waals surface area contributed by atoms with Crippen molar-refractivity contribution in [3.05, 3.63) is 29.8 Å². The van der Waals surface area contributed by atoms with E-state index in [0.717, 1.165) is 24.1 Å². The molecule has 5 nitrogen and oxygen atoms in total. The molecule has 2 fully saturated rings. The molecule has 0 radical (unpaired) electrons. The summed E-state index contributed by atoms with van der Waals surface area (Å²) in [6.07, 6.45) is 2.53. The molecule has 2 atom stereocenters. The van der Waals surface area contributed by atoms with Gasteiger partial charge in [0.2, 0.25) is 0 Å². The first-order chi connectivity index (χ1) is 10.0. The molecule has 2 aliphatic rings. The van der Waals surface area contributed by atoms with Gasteiger partial charge in [0, 0.05) is 18.8 Å². The van der Waals surface area contributed by atoms with Crippen LogP contribution < -0.4 is 5.32 Å². The summed E-state index contributed by atoms with van der Waals surface area (Å²) in [5.74, 6) is -0.659. The van der Waals surface area contributed by atoms with Gasteiger partial charge in [0.15, 0.2) is 0 Å². The number of anilines is 1. The number of hydrogen-bond acceptors (Lipinski definition) is 2. The Morgan fingerprint density at radius 1 is 1.38 bits per heavy atom. The number of rotatable bonds is 2. The Labute approximate surface area is 123 Å². The monoisotopic (exact) mass is 288 g/mol. The van der Waals surface area contributed by atoms with E-state index < -0.39 is 11.4 Å². The van der Waals surface area contributed by atoms with Crippen LogP contribution in [0.2, 0.25) is 0 Å². The molecule has 0 aromatic heterocycles. The van der Waals surface area contributed by atoms with Gasteiger partial charge in [-0.05, 0) is 37.3 Å². The molecule has 2 amide bonds. The molecule has 112 valence electrons. The van der Waals surface area contributed by atoms with Crippen LogP contribution in [0, 0.1) is 18.3 Å². The van der Waals surface area contributed by atoms with E-state index in [2.05, 4.69) is 5.32 Å². The van der Waals surface area contributed by atoms with Crippen molar-refractivity contribution >= 4 is 17.7 Å². The molecule has 1 aromatic rings. The second-order valence-electron chi connectivity index (χ2n) is 6.18. The van der Waals surface area contributed by atoms with Crippen molar-refractivity contribution in [2.75, 3.05) is 18.4 Å². The molecule has 1 aromatic carbocycles. The van der Waals surface area contributed by atoms with Gasteiger partial charge in [-0.25, -0.2) is 4.79 Å². The van der Waals surface area contributed by atoms with Crippen LogP contribution in [0.1, 0.15) is 24.8 Å². The van der Waals surface area contributed by atoms with Crippen molar-refractivity contribution in [3.63, 3.8) is 0 Å². The van der Waals surface area contributed by atoms with E-state index in [0.29, 0.717) is 19.5 Å². The number of carboxylic acids is 1. The molecule has 1 heterocycles. The second-order valence-corrected chi connectivity index (χ2v) is 6.18. The lowest BCUT2D eigenvalue weighted by molar-refractivity contribution is -0.149. The number of carboxylic acid groups (broad SMARTS) is 1. The Bertz CT molecular complexity index is 587. The maximum atomic E-state index is 12.4. The summed E-state index contributed by atoms with van der Waals surface area (Å²) < 4.78 is 0. The lowest BCUT2D eigenvalue weighted by Crippen LogP contribution is -2.38. The number of likely N-dealkylation sites (tertiary alicyclic amines) is 1. The molecule has 1 saturated carbocycles. The zero-order valence-corrected chi connectivity index (χ0v) is 12.1. The highest BCUT2D eigenvalue weighted by Crippen LogP contribution is 2.48. The van der Waals surface area contributed by atoms with Crippen molar-refractivity contribution in [1.29, 1.82) is 0 Å². The van der Waals surface area contributed by atoms with E-state index in [-0.39, 0.29) is 11.9 Å². The van der Waals surface area contributed by atoms with E-state index in [9.17, 15) is 14.7 Å². The number of nitrogens with one attached hydrogen (secondary N) is 1. The van der Waals surface area contributed by atoms with Crippen LogP contribution in [0.4, 0.5) is 10.5 Å². The van der Waals surface area contributed by atoms with Crippen LogP contribution in [0.25, 0.3) is 0 Å². The zero-order chi connectivity index (χ0) is 15.0. The van der Waals surface area contributed by atoms with Crippen LogP contribution >= 0.6 is 0 Å². The number of carbonyl (C=O) groups is 2. The zero-order valence-electron chi connectivity index (χ0n) is 12.1. The normalized spacial score (nSPS) is 27.5. The van der Waals surface area contributed by atoms with Gasteiger partial charge < -0.3 is 15.3 Å². The molecule has 21 heavy (non-hydrogen) atoms. The minimum Gasteiger partial charge on any atom is -0.481 e. The van der Waals surface area contributed by atoms with Gasteiger partial charge in [-0.15, -0.1) is 0 Å². The molecule has 0 spiro atoms. The van der Waals surface area contributed by atoms with E-state index in [1.54, 1.807) is 4.90 Å². The van der Waals surface area contributed by atoms with Crippen molar-refractivity contribution in [2.24, 2.45) is 11.3 Å². The Morgan fingerprint density at radius 3 is 2.81 bits per heavy atom. The van der Waals surface area contributed by atoms with E-state index in [1.807, 2.05) is 31.2 Å². The quantitative estimate of drug-likeness (QED) is 0.879. The van der Waals surface area contributed by atoms with E-state index >= 15 is 0 Å². The number of para-hydroxylation sites is 1. The third kappa shape index (κ3) is 2.26. The summed E-state index contributed by atoms with van der Waals surface area (Å²) >= 11 is 0. The lowest BCUT2D eigenvalue weighted by Gasteiger charge is -2.23. The predicted octanol–water partition coefficient (Wildman–Crippen LogP) is 2.71. The number of aryl methyl sites for hydroxylation is 1. The van der Waals surface area contributed by atoms with Crippen LogP contribution in [0.3, 0.4) is 0 Å². The number of amides is 2. The van der Waals surface area contributed by atoms with Gasteiger partial charge in [-0.2, -0.15) is 0 Å². The third-order valence-corrected chi connectivity index (χ3v) is 4.97. The van der Waals surface area contributed by atoms with Gasteiger partial charge in [0.1, 0.15) is 0 Å². The van der Waals surface area contributed by atoms with Crippen LogP contribution in [0.15, 0.2) is 24.3 Å². The average molecular weight is 288 g/mol. The second kappa shape index (κ2) is 5.06. The summed E-state index contributed by atoms with van der Waals surface area (Å²) in [4.78, 5) is 25.7. The Balaban J connectivity index is 1.73. The van der Waals surface area contributed by atoms with Crippen molar-refractivity contribution < 1.29 is 14.7 Å². The number of urea groups is 1. The fourth-order valence-electron chi connectivity index (χ4n) is 3.70. The first-order valence-electron chi connectivity index (χ1n) is 7.38. The predicted molar refractivity (Wildman–Crippen MR) is 79.2 cm³/mol. The van der Waals surface area contributed by atoms with E-state index in [4.69, 9.17) is 0 Å². The molecular weight excluding hydrogens is 268 g/mol. The third-order valence-electron chi connectivity index (χ3n) is 4.97. The maximum absolute atomic E-state index is 12.4. The number of nitrogens with zero attached hydrogens (tertiary/aromatic N) is 1. The summed E-state index contributed by atoms with van der Waals surface area (Å²) in [5, 5.41) is 12.4. The Hall–Kier alpha value is -2.04. The first-order valence-corrected chi connectivity index (χ1v) is 7.38. The molecule has 0 bridgehead atoms. The number of benzene rings is 1. The van der Waals surface area contributed by atoms with Gasteiger partial charge in [0.05, 0.1) is 5.41 Å². The minimum absolute atomic E-state index is 0.0950. The average Bonchev–Trinajstić information content (AvgIpc) is 2.99. The first kappa shape index (κ1) is 13.9. The van der Waals surface area contributed by atoms with Gasteiger partial charge in [-0.1, -0.05) is 24.6 Å². The number of hydrogen-bond donors (Lipinski definition) is 2. The summed E-state index contributed by atoms with van der Waals surface area (Å²) in [7, 11) is 0. The number of fused-ring (bicyclic) bond motifs is 1. The van der Waals surface area contributed by atoms with Gasteiger partial charge in [-0.3, -0.25) is 4.79 Å². The topological polar surface area (TPSA) is 69.6 Å². The lowest BCUT2D eigenvalue weighted by atomic mass is 9.81. The van der Waals surface area contributed by atoms with Crippen molar-refractivity contribution in [3.8, 4) is 0 Å². The van der Waals surface area contributed by atoms with Gasteiger partial charge in [0.25, 0.3) is 0 Å².